The maximum absolute atomic E-state index is 13.1. The van der Waals surface area contributed by atoms with Crippen LogP contribution in [-0.2, 0) is 9.53 Å². The molecule has 2 aliphatic rings. The van der Waals surface area contributed by atoms with Crippen molar-refractivity contribution in [2.45, 2.75) is 26.2 Å². The normalized spacial score (nSPS) is 30.3. The highest BCUT2D eigenvalue weighted by Gasteiger charge is 2.44. The lowest BCUT2D eigenvalue weighted by molar-refractivity contribution is -0.134. The number of nitrogens with zero attached hydrogens (tertiary/aromatic N) is 1. The Morgan fingerprint density at radius 2 is 2.00 bits per heavy atom. The Morgan fingerprint density at radius 1 is 1.26 bits per heavy atom. The number of carbonyl (C=O) groups is 2. The second kappa shape index (κ2) is 6.57. The summed E-state index contributed by atoms with van der Waals surface area (Å²) in [4.78, 5) is 26.2. The van der Waals surface area contributed by atoms with E-state index in [1.54, 1.807) is 0 Å². The Labute approximate surface area is 137 Å². The number of imide groups is 1. The topological polar surface area (TPSA) is 46.6 Å². The first kappa shape index (κ1) is 15.8. The van der Waals surface area contributed by atoms with Crippen LogP contribution >= 0.6 is 0 Å². The summed E-state index contributed by atoms with van der Waals surface area (Å²) in [7, 11) is 0. The van der Waals surface area contributed by atoms with Crippen LogP contribution in [0.1, 0.15) is 31.7 Å². The van der Waals surface area contributed by atoms with Gasteiger partial charge in [-0.1, -0.05) is 56.3 Å². The van der Waals surface area contributed by atoms with Gasteiger partial charge in [0.2, 0.25) is 5.91 Å². The number of benzene rings is 1. The van der Waals surface area contributed by atoms with Crippen LogP contribution in [0.2, 0.25) is 0 Å². The van der Waals surface area contributed by atoms with Crippen LogP contribution in [0, 0.1) is 17.8 Å². The summed E-state index contributed by atoms with van der Waals surface area (Å²) in [6.45, 7) is 4.90. The molecule has 0 bridgehead atoms. The molecule has 4 nitrogen and oxygen atoms in total. The second-order valence-corrected chi connectivity index (χ2v) is 6.38. The molecule has 4 heteroatoms. The van der Waals surface area contributed by atoms with Crippen molar-refractivity contribution in [1.29, 1.82) is 0 Å². The minimum Gasteiger partial charge on any atom is -0.447 e. The van der Waals surface area contributed by atoms with Crippen molar-refractivity contribution in [3.63, 3.8) is 0 Å². The van der Waals surface area contributed by atoms with Gasteiger partial charge in [-0.05, 0) is 23.8 Å². The molecule has 0 aromatic heterocycles. The minimum absolute atomic E-state index is 0.0899. The zero-order chi connectivity index (χ0) is 16.4. The van der Waals surface area contributed by atoms with Gasteiger partial charge in [-0.25, -0.2) is 9.69 Å². The van der Waals surface area contributed by atoms with E-state index in [9.17, 15) is 9.59 Å². The van der Waals surface area contributed by atoms with Crippen LogP contribution in [0.4, 0.5) is 4.79 Å². The zero-order valence-corrected chi connectivity index (χ0v) is 13.6. The summed E-state index contributed by atoms with van der Waals surface area (Å²) in [6.07, 6.45) is 4.73. The first-order chi connectivity index (χ1) is 11.1. The molecular weight excluding hydrogens is 290 g/mol. The van der Waals surface area contributed by atoms with Crippen molar-refractivity contribution >= 4 is 12.0 Å². The molecule has 1 saturated heterocycles. The first-order valence-electron chi connectivity index (χ1n) is 8.35. The fourth-order valence-electron chi connectivity index (χ4n) is 3.84. The summed E-state index contributed by atoms with van der Waals surface area (Å²) < 4.78 is 4.96. The van der Waals surface area contributed by atoms with Crippen molar-refractivity contribution in [2.75, 3.05) is 13.2 Å². The molecule has 0 spiro atoms. The Hall–Kier alpha value is -2.10. The van der Waals surface area contributed by atoms with Gasteiger partial charge in [0.1, 0.15) is 6.61 Å². The lowest BCUT2D eigenvalue weighted by atomic mass is 9.67. The van der Waals surface area contributed by atoms with E-state index in [0.29, 0.717) is 13.2 Å². The predicted octanol–water partition coefficient (Wildman–Crippen LogP) is 3.60. The quantitative estimate of drug-likeness (QED) is 0.801. The van der Waals surface area contributed by atoms with Gasteiger partial charge in [0.15, 0.2) is 0 Å². The largest absolute Gasteiger partial charge is 0.447 e. The van der Waals surface area contributed by atoms with E-state index in [0.717, 1.165) is 12.0 Å². The Balaban J connectivity index is 1.98. The van der Waals surface area contributed by atoms with Crippen LogP contribution in [-0.4, -0.2) is 30.1 Å². The fourth-order valence-corrected chi connectivity index (χ4v) is 3.84. The molecule has 1 aromatic carbocycles. The summed E-state index contributed by atoms with van der Waals surface area (Å²) in [5.74, 6) is 0.189. The Bertz CT molecular complexity index is 610. The smallest absolute Gasteiger partial charge is 0.416 e. The van der Waals surface area contributed by atoms with E-state index in [1.807, 2.05) is 18.2 Å². The van der Waals surface area contributed by atoms with E-state index in [-0.39, 0.29) is 29.6 Å². The van der Waals surface area contributed by atoms with Gasteiger partial charge in [-0.3, -0.25) is 4.79 Å². The highest BCUT2D eigenvalue weighted by molar-refractivity contribution is 5.95. The molecule has 1 aromatic rings. The third-order valence-corrected chi connectivity index (χ3v) is 5.04. The number of ether oxygens (including phenoxy) is 1. The van der Waals surface area contributed by atoms with Crippen LogP contribution in [0.5, 0.6) is 0 Å². The average molecular weight is 313 g/mol. The van der Waals surface area contributed by atoms with Gasteiger partial charge in [0.25, 0.3) is 0 Å². The number of cyclic esters (lactones) is 1. The maximum Gasteiger partial charge on any atom is 0.416 e. The zero-order valence-electron chi connectivity index (χ0n) is 13.6. The molecule has 1 aliphatic heterocycles. The molecule has 0 saturated carbocycles. The lowest BCUT2D eigenvalue weighted by Crippen LogP contribution is -2.44. The third-order valence-electron chi connectivity index (χ3n) is 5.04. The molecule has 23 heavy (non-hydrogen) atoms. The lowest BCUT2D eigenvalue weighted by Gasteiger charge is -2.38. The molecular formula is C19H23NO3. The van der Waals surface area contributed by atoms with Crippen LogP contribution in [0.25, 0.3) is 0 Å². The maximum atomic E-state index is 13.1. The Kier molecular flexibility index (Phi) is 4.51. The van der Waals surface area contributed by atoms with E-state index in [1.165, 1.54) is 4.90 Å². The number of rotatable bonds is 3. The summed E-state index contributed by atoms with van der Waals surface area (Å²) in [5, 5.41) is 0. The molecule has 0 N–H and O–H groups in total. The summed E-state index contributed by atoms with van der Waals surface area (Å²) in [5.41, 5.74) is 1.16. The van der Waals surface area contributed by atoms with Crippen LogP contribution < -0.4 is 0 Å². The van der Waals surface area contributed by atoms with Gasteiger partial charge >= 0.3 is 6.09 Å². The van der Waals surface area contributed by atoms with Gasteiger partial charge in [-0.15, -0.1) is 0 Å². The van der Waals surface area contributed by atoms with Gasteiger partial charge < -0.3 is 4.74 Å². The number of carbonyl (C=O) groups excluding carboxylic acids is 2. The van der Waals surface area contributed by atoms with Gasteiger partial charge in [-0.2, -0.15) is 0 Å². The Morgan fingerprint density at radius 3 is 2.61 bits per heavy atom. The van der Waals surface area contributed by atoms with E-state index in [2.05, 4.69) is 38.1 Å². The molecule has 2 amide bonds. The molecule has 122 valence electrons. The third kappa shape index (κ3) is 2.90. The number of hydrogen-bond donors (Lipinski definition) is 0. The monoisotopic (exact) mass is 313 g/mol. The fraction of sp³-hybridized carbons (Fsp3) is 0.474. The molecule has 4 atom stereocenters. The van der Waals surface area contributed by atoms with Crippen molar-refractivity contribution in [3.8, 4) is 0 Å². The molecule has 1 aliphatic carbocycles. The minimum atomic E-state index is -0.501. The predicted molar refractivity (Wildman–Crippen MR) is 87.8 cm³/mol. The number of amides is 2. The summed E-state index contributed by atoms with van der Waals surface area (Å²) >= 11 is 0. The van der Waals surface area contributed by atoms with E-state index in [4.69, 9.17) is 4.74 Å². The highest BCUT2D eigenvalue weighted by atomic mass is 16.6. The molecule has 0 radical (unpaired) electrons. The molecule has 1 heterocycles. The standard InChI is InChI=1S/C19H23NO3/c1-3-14-10-9-13(2)16(15-7-5-4-6-8-15)17(14)18(21)20-11-12-23-19(20)22/h4-10,13-14,16-17H,3,11-12H2,1-2H3. The van der Waals surface area contributed by atoms with Crippen molar-refractivity contribution < 1.29 is 14.3 Å². The van der Waals surface area contributed by atoms with Crippen molar-refractivity contribution in [1.82, 2.24) is 4.90 Å². The molecule has 4 unspecified atom stereocenters. The van der Waals surface area contributed by atoms with E-state index >= 15 is 0 Å². The highest BCUT2D eigenvalue weighted by Crippen LogP contribution is 2.43. The van der Waals surface area contributed by atoms with Crippen LogP contribution in [0.3, 0.4) is 0 Å². The van der Waals surface area contributed by atoms with Gasteiger partial charge in [0, 0.05) is 5.92 Å². The van der Waals surface area contributed by atoms with E-state index < -0.39 is 6.09 Å². The number of hydrogen-bond acceptors (Lipinski definition) is 3. The first-order valence-corrected chi connectivity index (χ1v) is 8.35. The van der Waals surface area contributed by atoms with Gasteiger partial charge in [0.05, 0.1) is 12.5 Å². The second-order valence-electron chi connectivity index (χ2n) is 6.38. The average Bonchev–Trinajstić information content (AvgIpc) is 3.00. The SMILES string of the molecule is CCC1C=CC(C)C(c2ccccc2)C1C(=O)N1CCOC1=O. The van der Waals surface area contributed by atoms with Crippen molar-refractivity contribution in [2.24, 2.45) is 17.8 Å². The molecule has 1 fully saturated rings. The number of allylic oxidation sites excluding steroid dienone is 2. The summed E-state index contributed by atoms with van der Waals surface area (Å²) in [6, 6.07) is 10.2. The van der Waals surface area contributed by atoms with Crippen molar-refractivity contribution in [3.05, 3.63) is 48.0 Å². The van der Waals surface area contributed by atoms with Crippen LogP contribution in [0.15, 0.2) is 42.5 Å². The molecule has 3 rings (SSSR count).